The number of rotatable bonds is 3. The number of hydrogen-bond acceptors (Lipinski definition) is 4. The van der Waals surface area contributed by atoms with E-state index in [2.05, 4.69) is 20.9 Å². The first-order valence-corrected chi connectivity index (χ1v) is 7.26. The average molecular weight is 328 g/mol. The summed E-state index contributed by atoms with van der Waals surface area (Å²) in [5, 5.41) is 0. The molecule has 4 nitrogen and oxygen atoms in total. The third kappa shape index (κ3) is 3.69. The first-order chi connectivity index (χ1) is 9.10. The van der Waals surface area contributed by atoms with E-state index in [0.717, 1.165) is 35.7 Å². The van der Waals surface area contributed by atoms with Crippen molar-refractivity contribution < 1.29 is 14.3 Å². The number of aromatic nitrogens is 1. The van der Waals surface area contributed by atoms with E-state index in [9.17, 15) is 4.79 Å². The minimum Gasteiger partial charge on any atom is -0.474 e. The van der Waals surface area contributed by atoms with Gasteiger partial charge in [-0.15, -0.1) is 0 Å². The fraction of sp³-hybridized carbons (Fsp3) is 0.571. The van der Waals surface area contributed by atoms with Gasteiger partial charge in [0.2, 0.25) is 5.88 Å². The zero-order valence-electron chi connectivity index (χ0n) is 11.2. The van der Waals surface area contributed by atoms with Crippen molar-refractivity contribution in [3.05, 3.63) is 22.3 Å². The molecule has 1 aromatic heterocycles. The molecular formula is C14H18BrNO3. The van der Waals surface area contributed by atoms with Crippen LogP contribution in [-0.4, -0.2) is 24.2 Å². The first kappa shape index (κ1) is 14.3. The van der Waals surface area contributed by atoms with Gasteiger partial charge in [-0.2, -0.15) is 0 Å². The number of aryl methyl sites for hydroxylation is 1. The summed E-state index contributed by atoms with van der Waals surface area (Å²) in [7, 11) is 1.44. The van der Waals surface area contributed by atoms with Crippen molar-refractivity contribution in [3.8, 4) is 5.88 Å². The van der Waals surface area contributed by atoms with E-state index < -0.39 is 0 Å². The molecule has 1 aromatic rings. The standard InChI is InChI=1S/C14H18BrNO3/c1-9-7-11(15)8-16-13(9)19-12-5-3-10(4-6-12)14(17)18-2/h7-8,10,12H,3-6H2,1-2H3. The predicted molar refractivity (Wildman–Crippen MR) is 75.1 cm³/mol. The molecule has 0 unspecified atom stereocenters. The number of halogens is 1. The van der Waals surface area contributed by atoms with E-state index in [1.165, 1.54) is 7.11 Å². The summed E-state index contributed by atoms with van der Waals surface area (Å²) < 4.78 is 11.6. The molecule has 0 N–H and O–H groups in total. The zero-order chi connectivity index (χ0) is 13.8. The second kappa shape index (κ2) is 6.37. The van der Waals surface area contributed by atoms with Crippen molar-refractivity contribution in [1.82, 2.24) is 4.98 Å². The molecule has 0 saturated heterocycles. The van der Waals surface area contributed by atoms with Gasteiger partial charge in [-0.05, 0) is 54.6 Å². The lowest BCUT2D eigenvalue weighted by Crippen LogP contribution is -2.29. The normalized spacial score (nSPS) is 22.9. The van der Waals surface area contributed by atoms with Gasteiger partial charge in [0.1, 0.15) is 6.10 Å². The van der Waals surface area contributed by atoms with Crippen LogP contribution in [0.1, 0.15) is 31.2 Å². The molecule has 0 radical (unpaired) electrons. The molecule has 19 heavy (non-hydrogen) atoms. The number of carbonyl (C=O) groups excluding carboxylic acids is 1. The van der Waals surface area contributed by atoms with Crippen molar-refractivity contribution in [1.29, 1.82) is 0 Å². The molecule has 1 aliphatic rings. The number of nitrogens with zero attached hydrogens (tertiary/aromatic N) is 1. The number of ether oxygens (including phenoxy) is 2. The van der Waals surface area contributed by atoms with Crippen LogP contribution in [0.2, 0.25) is 0 Å². The van der Waals surface area contributed by atoms with Crippen LogP contribution in [0.25, 0.3) is 0 Å². The van der Waals surface area contributed by atoms with Gasteiger partial charge in [0.25, 0.3) is 0 Å². The Morgan fingerprint density at radius 1 is 1.37 bits per heavy atom. The SMILES string of the molecule is COC(=O)C1CCC(Oc2ncc(Br)cc2C)CC1. The van der Waals surface area contributed by atoms with Crippen LogP contribution in [0.4, 0.5) is 0 Å². The van der Waals surface area contributed by atoms with Crippen molar-refractivity contribution in [2.75, 3.05) is 7.11 Å². The Bertz CT molecular complexity index is 456. The van der Waals surface area contributed by atoms with Gasteiger partial charge < -0.3 is 9.47 Å². The van der Waals surface area contributed by atoms with E-state index in [-0.39, 0.29) is 18.0 Å². The van der Waals surface area contributed by atoms with Gasteiger partial charge in [0, 0.05) is 16.2 Å². The first-order valence-electron chi connectivity index (χ1n) is 6.46. The maximum Gasteiger partial charge on any atom is 0.308 e. The van der Waals surface area contributed by atoms with Crippen LogP contribution in [0, 0.1) is 12.8 Å². The van der Waals surface area contributed by atoms with Crippen LogP contribution < -0.4 is 4.74 Å². The Hall–Kier alpha value is -1.10. The smallest absolute Gasteiger partial charge is 0.308 e. The lowest BCUT2D eigenvalue weighted by atomic mass is 9.87. The van der Waals surface area contributed by atoms with Crippen molar-refractivity contribution in [3.63, 3.8) is 0 Å². The maximum atomic E-state index is 11.4. The van der Waals surface area contributed by atoms with Gasteiger partial charge >= 0.3 is 5.97 Å². The second-order valence-corrected chi connectivity index (χ2v) is 5.81. The van der Waals surface area contributed by atoms with E-state index in [4.69, 9.17) is 9.47 Å². The highest BCUT2D eigenvalue weighted by molar-refractivity contribution is 9.10. The van der Waals surface area contributed by atoms with Crippen LogP contribution in [0.15, 0.2) is 16.7 Å². The molecule has 1 heterocycles. The third-order valence-electron chi connectivity index (χ3n) is 3.48. The molecule has 2 rings (SSSR count). The molecular weight excluding hydrogens is 310 g/mol. The summed E-state index contributed by atoms with van der Waals surface area (Å²) in [6.45, 7) is 1.98. The minimum atomic E-state index is -0.101. The Labute approximate surface area is 121 Å². The number of esters is 1. The highest BCUT2D eigenvalue weighted by Crippen LogP contribution is 2.29. The fourth-order valence-electron chi connectivity index (χ4n) is 2.39. The Balaban J connectivity index is 1.90. The second-order valence-electron chi connectivity index (χ2n) is 4.89. The van der Waals surface area contributed by atoms with Gasteiger partial charge in [-0.3, -0.25) is 4.79 Å². The van der Waals surface area contributed by atoms with E-state index in [1.807, 2.05) is 13.0 Å². The number of hydrogen-bond donors (Lipinski definition) is 0. The van der Waals surface area contributed by atoms with Crippen LogP contribution in [-0.2, 0) is 9.53 Å². The summed E-state index contributed by atoms with van der Waals surface area (Å²) >= 11 is 3.38. The van der Waals surface area contributed by atoms with Crippen molar-refractivity contribution >= 4 is 21.9 Å². The van der Waals surface area contributed by atoms with Crippen molar-refractivity contribution in [2.24, 2.45) is 5.92 Å². The Morgan fingerprint density at radius 3 is 2.63 bits per heavy atom. The van der Waals surface area contributed by atoms with Crippen LogP contribution >= 0.6 is 15.9 Å². The molecule has 0 atom stereocenters. The lowest BCUT2D eigenvalue weighted by molar-refractivity contribution is -0.147. The average Bonchev–Trinajstić information content (AvgIpc) is 2.42. The number of methoxy groups -OCH3 is 1. The van der Waals surface area contributed by atoms with Gasteiger partial charge in [0.15, 0.2) is 0 Å². The van der Waals surface area contributed by atoms with Gasteiger partial charge in [-0.1, -0.05) is 0 Å². The Kier molecular flexibility index (Phi) is 4.80. The third-order valence-corrected chi connectivity index (χ3v) is 3.92. The molecule has 5 heteroatoms. The highest BCUT2D eigenvalue weighted by atomic mass is 79.9. The molecule has 0 aromatic carbocycles. The molecule has 1 aliphatic carbocycles. The van der Waals surface area contributed by atoms with E-state index in [0.29, 0.717) is 5.88 Å². The van der Waals surface area contributed by atoms with E-state index in [1.54, 1.807) is 6.20 Å². The maximum absolute atomic E-state index is 11.4. The summed E-state index contributed by atoms with van der Waals surface area (Å²) in [5.74, 6) is 0.616. The molecule has 0 spiro atoms. The van der Waals surface area contributed by atoms with E-state index >= 15 is 0 Å². The molecule has 0 amide bonds. The zero-order valence-corrected chi connectivity index (χ0v) is 12.8. The molecule has 1 saturated carbocycles. The summed E-state index contributed by atoms with van der Waals surface area (Å²) in [6.07, 6.45) is 5.28. The van der Waals surface area contributed by atoms with Gasteiger partial charge in [-0.25, -0.2) is 4.98 Å². The summed E-state index contributed by atoms with van der Waals surface area (Å²) in [6, 6.07) is 1.99. The largest absolute Gasteiger partial charge is 0.474 e. The quantitative estimate of drug-likeness (QED) is 0.799. The van der Waals surface area contributed by atoms with Gasteiger partial charge in [0.05, 0.1) is 13.0 Å². The van der Waals surface area contributed by atoms with Crippen LogP contribution in [0.5, 0.6) is 5.88 Å². The fourth-order valence-corrected chi connectivity index (χ4v) is 2.84. The molecule has 0 bridgehead atoms. The summed E-state index contributed by atoms with van der Waals surface area (Å²) in [4.78, 5) is 15.7. The topological polar surface area (TPSA) is 48.4 Å². The van der Waals surface area contributed by atoms with Crippen LogP contribution in [0.3, 0.4) is 0 Å². The number of pyridine rings is 1. The lowest BCUT2D eigenvalue weighted by Gasteiger charge is -2.27. The molecule has 104 valence electrons. The minimum absolute atomic E-state index is 0.0313. The molecule has 1 fully saturated rings. The number of carbonyl (C=O) groups is 1. The van der Waals surface area contributed by atoms with Crippen molar-refractivity contribution in [2.45, 2.75) is 38.7 Å². The molecule has 0 aliphatic heterocycles. The highest BCUT2D eigenvalue weighted by Gasteiger charge is 2.28. The monoisotopic (exact) mass is 327 g/mol. The summed E-state index contributed by atoms with van der Waals surface area (Å²) in [5.41, 5.74) is 1.02. The predicted octanol–water partition coefficient (Wildman–Crippen LogP) is 3.26. The Morgan fingerprint density at radius 2 is 2.05 bits per heavy atom.